The number of nitriles is 1. The largest absolute Gasteiger partial charge is 0.493 e. The van der Waals surface area contributed by atoms with Crippen LogP contribution in [0, 0.1) is 11.3 Å². The smallest absolute Gasteiger partial charge is 0.418 e. The van der Waals surface area contributed by atoms with Crippen LogP contribution >= 0.6 is 0 Å². The van der Waals surface area contributed by atoms with Gasteiger partial charge in [-0.05, 0) is 41.7 Å². The van der Waals surface area contributed by atoms with Gasteiger partial charge in [-0.15, -0.1) is 0 Å². The van der Waals surface area contributed by atoms with E-state index in [-0.39, 0.29) is 18.7 Å². The number of rotatable bonds is 5. The van der Waals surface area contributed by atoms with E-state index in [1.807, 2.05) is 0 Å². The third-order valence-electron chi connectivity index (χ3n) is 6.51. The van der Waals surface area contributed by atoms with Gasteiger partial charge in [0.25, 0.3) is 0 Å². The number of carbonyl (C=O) groups excluding carboxylic acids is 1. The molecule has 8 heteroatoms. The summed E-state index contributed by atoms with van der Waals surface area (Å²) < 4.78 is 48.8. The molecule has 2 aromatic rings. The van der Waals surface area contributed by atoms with Crippen molar-refractivity contribution in [2.45, 2.75) is 50.3 Å². The normalized spacial score (nSPS) is 17.6. The third kappa shape index (κ3) is 4.18. The van der Waals surface area contributed by atoms with E-state index in [1.54, 1.807) is 50.2 Å². The van der Waals surface area contributed by atoms with Crippen molar-refractivity contribution in [1.29, 1.82) is 5.26 Å². The zero-order valence-corrected chi connectivity index (χ0v) is 18.5. The zero-order chi connectivity index (χ0) is 24.0. The SMILES string of the molecule is CC(C)(CC(O)(CN1CCC(=O)c2ccccc21)C(F)(F)F)c1cc(C#N)cc2c1OCC2. The molecule has 0 amide bonds. The van der Waals surface area contributed by atoms with Crippen molar-refractivity contribution < 1.29 is 27.8 Å². The van der Waals surface area contributed by atoms with Gasteiger partial charge in [-0.25, -0.2) is 0 Å². The number of β-amino-alcohol motifs (C(OH)–C–C–N with tert-alkyl or cyclic N) is 1. The predicted octanol–water partition coefficient (Wildman–Crippen LogP) is 4.55. The molecule has 0 saturated carbocycles. The van der Waals surface area contributed by atoms with E-state index in [2.05, 4.69) is 6.07 Å². The average Bonchev–Trinajstić information content (AvgIpc) is 3.22. The quantitative estimate of drug-likeness (QED) is 0.712. The lowest BCUT2D eigenvalue weighted by atomic mass is 9.73. The maximum absolute atomic E-state index is 14.4. The molecule has 0 aliphatic carbocycles. The van der Waals surface area contributed by atoms with Gasteiger partial charge in [0.05, 0.1) is 24.8 Å². The second kappa shape index (κ2) is 8.07. The Morgan fingerprint density at radius 2 is 1.91 bits per heavy atom. The molecule has 174 valence electrons. The van der Waals surface area contributed by atoms with Crippen LogP contribution in [0.5, 0.6) is 5.75 Å². The van der Waals surface area contributed by atoms with Crippen LogP contribution in [0.25, 0.3) is 0 Å². The number of fused-ring (bicyclic) bond motifs is 2. The van der Waals surface area contributed by atoms with Crippen LogP contribution in [-0.2, 0) is 11.8 Å². The highest BCUT2D eigenvalue weighted by molar-refractivity contribution is 6.03. The lowest BCUT2D eigenvalue weighted by Crippen LogP contribution is -2.57. The molecule has 2 heterocycles. The summed E-state index contributed by atoms with van der Waals surface area (Å²) in [5, 5.41) is 20.5. The van der Waals surface area contributed by atoms with Gasteiger partial charge in [0.1, 0.15) is 5.75 Å². The van der Waals surface area contributed by atoms with Gasteiger partial charge in [-0.1, -0.05) is 26.0 Å². The highest BCUT2D eigenvalue weighted by atomic mass is 19.4. The van der Waals surface area contributed by atoms with E-state index in [1.165, 1.54) is 4.90 Å². The Hall–Kier alpha value is -3.05. The van der Waals surface area contributed by atoms with Crippen LogP contribution in [0.3, 0.4) is 0 Å². The average molecular weight is 458 g/mol. The topological polar surface area (TPSA) is 73.6 Å². The molecule has 0 spiro atoms. The molecule has 5 nitrogen and oxygen atoms in total. The fourth-order valence-electron chi connectivity index (χ4n) is 4.90. The molecular weight excluding hydrogens is 433 g/mol. The first-order valence-electron chi connectivity index (χ1n) is 10.8. The first-order valence-corrected chi connectivity index (χ1v) is 10.8. The molecule has 0 radical (unpaired) electrons. The summed E-state index contributed by atoms with van der Waals surface area (Å²) in [7, 11) is 0. The van der Waals surface area contributed by atoms with Crippen molar-refractivity contribution in [2.24, 2.45) is 0 Å². The van der Waals surface area contributed by atoms with Gasteiger partial charge in [0, 0.05) is 36.2 Å². The minimum Gasteiger partial charge on any atom is -0.493 e. The van der Waals surface area contributed by atoms with Crippen molar-refractivity contribution in [3.8, 4) is 11.8 Å². The molecule has 2 aromatic carbocycles. The van der Waals surface area contributed by atoms with Crippen LogP contribution in [0.15, 0.2) is 36.4 Å². The summed E-state index contributed by atoms with van der Waals surface area (Å²) >= 11 is 0. The maximum atomic E-state index is 14.4. The summed E-state index contributed by atoms with van der Waals surface area (Å²) in [4.78, 5) is 13.7. The molecule has 0 bridgehead atoms. The summed E-state index contributed by atoms with van der Waals surface area (Å²) in [5.74, 6) is 0.371. The molecule has 0 saturated heterocycles. The Labute approximate surface area is 190 Å². The number of hydrogen-bond acceptors (Lipinski definition) is 5. The van der Waals surface area contributed by atoms with Crippen molar-refractivity contribution in [3.63, 3.8) is 0 Å². The zero-order valence-electron chi connectivity index (χ0n) is 18.5. The second-order valence-corrected chi connectivity index (χ2v) is 9.42. The molecule has 1 N–H and O–H groups in total. The number of halogens is 3. The molecule has 1 atom stereocenters. The van der Waals surface area contributed by atoms with Gasteiger partial charge in [0.2, 0.25) is 0 Å². The molecule has 1 unspecified atom stereocenters. The molecule has 4 rings (SSSR count). The van der Waals surface area contributed by atoms with Crippen LogP contribution in [0.1, 0.15) is 53.7 Å². The number of ketones is 1. The van der Waals surface area contributed by atoms with E-state index in [9.17, 15) is 28.3 Å². The molecule has 2 aliphatic heterocycles. The fraction of sp³-hybridized carbons (Fsp3) is 0.440. The van der Waals surface area contributed by atoms with Gasteiger partial charge >= 0.3 is 6.18 Å². The van der Waals surface area contributed by atoms with Crippen molar-refractivity contribution in [1.82, 2.24) is 0 Å². The van der Waals surface area contributed by atoms with Crippen LogP contribution in [0.4, 0.5) is 18.9 Å². The first kappa shape index (κ1) is 23.1. The van der Waals surface area contributed by atoms with E-state index in [0.717, 1.165) is 5.56 Å². The summed E-state index contributed by atoms with van der Waals surface area (Å²) in [5.41, 5.74) is -1.84. The Kier molecular flexibility index (Phi) is 5.65. The van der Waals surface area contributed by atoms with E-state index >= 15 is 0 Å². The number of anilines is 1. The Morgan fingerprint density at radius 1 is 1.18 bits per heavy atom. The fourth-order valence-corrected chi connectivity index (χ4v) is 4.90. The highest BCUT2D eigenvalue weighted by Crippen LogP contribution is 2.46. The molecular formula is C25H25F3N2O3. The summed E-state index contributed by atoms with van der Waals surface area (Å²) in [6.45, 7) is 3.03. The van der Waals surface area contributed by atoms with E-state index in [4.69, 9.17) is 4.74 Å². The first-order chi connectivity index (χ1) is 15.4. The number of carbonyl (C=O) groups is 1. The molecule has 0 aromatic heterocycles. The lowest BCUT2D eigenvalue weighted by molar-refractivity contribution is -0.262. The highest BCUT2D eigenvalue weighted by Gasteiger charge is 2.57. The minimum atomic E-state index is -4.92. The van der Waals surface area contributed by atoms with Gasteiger partial charge < -0.3 is 14.7 Å². The summed E-state index contributed by atoms with van der Waals surface area (Å²) in [6, 6.07) is 11.8. The Morgan fingerprint density at radius 3 is 2.61 bits per heavy atom. The standard InChI is InChI=1S/C25H25F3N2O3/c1-23(2,19-12-16(13-29)11-17-8-10-33-22(17)19)14-24(32,25(26,27)28)15-30-9-7-21(31)18-5-3-4-6-20(18)30/h3-6,11-12,32H,7-10,14-15H2,1-2H3. The maximum Gasteiger partial charge on any atom is 0.418 e. The molecule has 2 aliphatic rings. The monoisotopic (exact) mass is 458 g/mol. The third-order valence-corrected chi connectivity index (χ3v) is 6.51. The van der Waals surface area contributed by atoms with Crippen LogP contribution in [-0.4, -0.2) is 42.4 Å². The predicted molar refractivity (Wildman–Crippen MR) is 117 cm³/mol. The van der Waals surface area contributed by atoms with Gasteiger partial charge in [0.15, 0.2) is 11.4 Å². The number of aliphatic hydroxyl groups is 1. The minimum absolute atomic E-state index is 0.0832. The van der Waals surface area contributed by atoms with Crippen molar-refractivity contribution in [2.75, 3.05) is 24.6 Å². The number of ether oxygens (including phenoxy) is 1. The van der Waals surface area contributed by atoms with Crippen LogP contribution in [0.2, 0.25) is 0 Å². The van der Waals surface area contributed by atoms with E-state index in [0.29, 0.717) is 41.2 Å². The number of hydrogen-bond donors (Lipinski definition) is 1. The number of alkyl halides is 3. The second-order valence-electron chi connectivity index (χ2n) is 9.42. The number of para-hydroxylation sites is 1. The van der Waals surface area contributed by atoms with Crippen molar-refractivity contribution in [3.05, 3.63) is 58.7 Å². The number of Topliss-reactive ketones (excluding diaryl/α,β-unsaturated/α-hetero) is 1. The number of benzene rings is 2. The van der Waals surface area contributed by atoms with E-state index < -0.39 is 30.2 Å². The van der Waals surface area contributed by atoms with Crippen molar-refractivity contribution >= 4 is 11.5 Å². The molecule has 0 fully saturated rings. The lowest BCUT2D eigenvalue weighted by Gasteiger charge is -2.42. The molecule has 33 heavy (non-hydrogen) atoms. The van der Waals surface area contributed by atoms with Gasteiger partial charge in [-0.2, -0.15) is 18.4 Å². The number of nitrogens with zero attached hydrogens (tertiary/aromatic N) is 2. The summed E-state index contributed by atoms with van der Waals surface area (Å²) in [6.07, 6.45) is -4.89. The Balaban J connectivity index is 1.71. The Bertz CT molecular complexity index is 1140. The van der Waals surface area contributed by atoms with Gasteiger partial charge in [-0.3, -0.25) is 4.79 Å². The van der Waals surface area contributed by atoms with Crippen LogP contribution < -0.4 is 9.64 Å².